The Balaban J connectivity index is 1.76. The fraction of sp³-hybridized carbons (Fsp3) is 0.267. The predicted molar refractivity (Wildman–Crippen MR) is 78.7 cm³/mol. The topological polar surface area (TPSA) is 93.4 Å². The Morgan fingerprint density at radius 2 is 2.05 bits per heavy atom. The van der Waals surface area contributed by atoms with Gasteiger partial charge in [0, 0.05) is 12.7 Å². The molecule has 0 unspecified atom stereocenters. The largest absolute Gasteiger partial charge is 0.480 e. The van der Waals surface area contributed by atoms with Crippen LogP contribution in [0.15, 0.2) is 42.7 Å². The van der Waals surface area contributed by atoms with Gasteiger partial charge in [-0.1, -0.05) is 18.2 Å². The molecule has 1 aromatic carbocycles. The summed E-state index contributed by atoms with van der Waals surface area (Å²) >= 11 is 0. The highest BCUT2D eigenvalue weighted by molar-refractivity contribution is 5.78. The zero-order chi connectivity index (χ0) is 15.8. The predicted octanol–water partition coefficient (Wildman–Crippen LogP) is 0.632. The lowest BCUT2D eigenvalue weighted by molar-refractivity contribution is -0.142. The minimum Gasteiger partial charge on any atom is -0.480 e. The van der Waals surface area contributed by atoms with Crippen molar-refractivity contribution >= 4 is 11.9 Å². The summed E-state index contributed by atoms with van der Waals surface area (Å²) in [6, 6.07) is 9.61. The molecule has 0 aliphatic carbocycles. The Kier molecular flexibility index (Phi) is 5.67. The van der Waals surface area contributed by atoms with Gasteiger partial charge in [0.25, 0.3) is 0 Å². The standard InChI is InChI=1S/C15H17N3O4/c19-14(16-6-7-22-11-15(20)21)8-12-9-17-18(10-12)13-4-2-1-3-5-13/h1-5,9-10H,6-8,11H2,(H,16,19)(H,20,21). The maximum atomic E-state index is 11.7. The number of carboxylic acid groups (broad SMARTS) is 1. The highest BCUT2D eigenvalue weighted by Crippen LogP contribution is 2.07. The third-order valence-corrected chi connectivity index (χ3v) is 2.82. The van der Waals surface area contributed by atoms with Gasteiger partial charge in [0.05, 0.1) is 24.9 Å². The van der Waals surface area contributed by atoms with Crippen LogP contribution < -0.4 is 5.32 Å². The van der Waals surface area contributed by atoms with Crippen LogP contribution in [0.4, 0.5) is 0 Å². The molecule has 0 spiro atoms. The van der Waals surface area contributed by atoms with Gasteiger partial charge in [-0.25, -0.2) is 9.48 Å². The second kappa shape index (κ2) is 7.94. The van der Waals surface area contributed by atoms with E-state index < -0.39 is 5.97 Å². The summed E-state index contributed by atoms with van der Waals surface area (Å²) < 4.78 is 6.53. The van der Waals surface area contributed by atoms with Crippen LogP contribution in [0, 0.1) is 0 Å². The van der Waals surface area contributed by atoms with E-state index in [1.807, 2.05) is 30.3 Å². The Bertz CT molecular complexity index is 625. The second-order valence-corrected chi connectivity index (χ2v) is 4.60. The molecule has 0 radical (unpaired) electrons. The van der Waals surface area contributed by atoms with Crippen LogP contribution in [-0.4, -0.2) is 46.5 Å². The molecule has 0 saturated carbocycles. The molecule has 0 atom stereocenters. The molecular weight excluding hydrogens is 286 g/mol. The van der Waals surface area contributed by atoms with Crippen LogP contribution in [0.2, 0.25) is 0 Å². The first-order valence-corrected chi connectivity index (χ1v) is 6.80. The SMILES string of the molecule is O=C(O)COCCNC(=O)Cc1cnn(-c2ccccc2)c1. The molecule has 2 N–H and O–H groups in total. The maximum Gasteiger partial charge on any atom is 0.329 e. The van der Waals surface area contributed by atoms with E-state index in [1.165, 1.54) is 0 Å². The van der Waals surface area contributed by atoms with Gasteiger partial charge < -0.3 is 15.2 Å². The number of carbonyl (C=O) groups is 2. The van der Waals surface area contributed by atoms with Crippen LogP contribution in [0.25, 0.3) is 5.69 Å². The number of benzene rings is 1. The minimum atomic E-state index is -1.03. The van der Waals surface area contributed by atoms with Crippen molar-refractivity contribution in [2.45, 2.75) is 6.42 Å². The third-order valence-electron chi connectivity index (χ3n) is 2.82. The quantitative estimate of drug-likeness (QED) is 0.698. The summed E-state index contributed by atoms with van der Waals surface area (Å²) in [6.07, 6.45) is 3.66. The summed E-state index contributed by atoms with van der Waals surface area (Å²) in [5.41, 5.74) is 1.73. The van der Waals surface area contributed by atoms with E-state index in [9.17, 15) is 9.59 Å². The number of hydrogen-bond acceptors (Lipinski definition) is 4. The van der Waals surface area contributed by atoms with Gasteiger partial charge in [0.2, 0.25) is 5.91 Å². The van der Waals surface area contributed by atoms with Gasteiger partial charge in [-0.15, -0.1) is 0 Å². The molecule has 116 valence electrons. The van der Waals surface area contributed by atoms with Crippen molar-refractivity contribution in [1.82, 2.24) is 15.1 Å². The van der Waals surface area contributed by atoms with E-state index >= 15 is 0 Å². The molecule has 22 heavy (non-hydrogen) atoms. The van der Waals surface area contributed by atoms with Crippen LogP contribution in [-0.2, 0) is 20.7 Å². The number of aliphatic carboxylic acids is 1. The number of hydrogen-bond donors (Lipinski definition) is 2. The van der Waals surface area contributed by atoms with Crippen molar-refractivity contribution in [3.63, 3.8) is 0 Å². The smallest absolute Gasteiger partial charge is 0.329 e. The Hall–Kier alpha value is -2.67. The fourth-order valence-corrected chi connectivity index (χ4v) is 1.84. The summed E-state index contributed by atoms with van der Waals surface area (Å²) in [7, 11) is 0. The maximum absolute atomic E-state index is 11.7. The highest BCUT2D eigenvalue weighted by atomic mass is 16.5. The van der Waals surface area contributed by atoms with Gasteiger partial charge in [-0.3, -0.25) is 4.79 Å². The molecule has 2 aromatic rings. The average Bonchev–Trinajstić information content (AvgIpc) is 2.96. The van der Waals surface area contributed by atoms with Gasteiger partial charge in [0.1, 0.15) is 6.61 Å². The Morgan fingerprint density at radius 1 is 1.27 bits per heavy atom. The van der Waals surface area contributed by atoms with E-state index in [2.05, 4.69) is 10.4 Å². The summed E-state index contributed by atoms with van der Waals surface area (Å²) in [6.45, 7) is 0.0833. The first-order valence-electron chi connectivity index (χ1n) is 6.80. The van der Waals surface area contributed by atoms with E-state index in [1.54, 1.807) is 17.1 Å². The molecule has 7 heteroatoms. The molecule has 0 aliphatic heterocycles. The Labute approximate surface area is 127 Å². The van der Waals surface area contributed by atoms with Crippen molar-refractivity contribution in [1.29, 1.82) is 0 Å². The second-order valence-electron chi connectivity index (χ2n) is 4.60. The summed E-state index contributed by atoms with van der Waals surface area (Å²) in [5.74, 6) is -1.19. The number of para-hydroxylation sites is 1. The lowest BCUT2D eigenvalue weighted by Crippen LogP contribution is -2.29. The zero-order valence-corrected chi connectivity index (χ0v) is 11.9. The minimum absolute atomic E-state index is 0.161. The van der Waals surface area contributed by atoms with Crippen molar-refractivity contribution in [3.8, 4) is 5.69 Å². The number of nitrogens with zero attached hydrogens (tertiary/aromatic N) is 2. The van der Waals surface area contributed by atoms with Crippen molar-refractivity contribution < 1.29 is 19.4 Å². The first-order chi connectivity index (χ1) is 10.6. The number of carboxylic acids is 1. The molecule has 1 aromatic heterocycles. The molecule has 0 aliphatic rings. The number of aromatic nitrogens is 2. The molecule has 1 amide bonds. The number of carbonyl (C=O) groups excluding carboxylic acids is 1. The zero-order valence-electron chi connectivity index (χ0n) is 11.9. The van der Waals surface area contributed by atoms with Crippen molar-refractivity contribution in [3.05, 3.63) is 48.3 Å². The van der Waals surface area contributed by atoms with Crippen molar-refractivity contribution in [2.24, 2.45) is 0 Å². The van der Waals surface area contributed by atoms with E-state index in [0.717, 1.165) is 11.3 Å². The van der Waals surface area contributed by atoms with Gasteiger partial charge in [-0.2, -0.15) is 5.10 Å². The summed E-state index contributed by atoms with van der Waals surface area (Å²) in [4.78, 5) is 22.0. The third kappa shape index (κ3) is 5.02. The molecule has 7 nitrogen and oxygen atoms in total. The lowest BCUT2D eigenvalue weighted by Gasteiger charge is -2.04. The molecule has 0 fully saturated rings. The monoisotopic (exact) mass is 303 g/mol. The van der Waals surface area contributed by atoms with Crippen LogP contribution in [0.3, 0.4) is 0 Å². The van der Waals surface area contributed by atoms with Crippen LogP contribution in [0.1, 0.15) is 5.56 Å². The van der Waals surface area contributed by atoms with Crippen LogP contribution >= 0.6 is 0 Å². The molecule has 0 bridgehead atoms. The number of ether oxygens (including phenoxy) is 1. The van der Waals surface area contributed by atoms with E-state index in [0.29, 0.717) is 0 Å². The fourth-order valence-electron chi connectivity index (χ4n) is 1.84. The lowest BCUT2D eigenvalue weighted by atomic mass is 10.2. The number of rotatable bonds is 8. The van der Waals surface area contributed by atoms with Gasteiger partial charge >= 0.3 is 5.97 Å². The van der Waals surface area contributed by atoms with E-state index in [-0.39, 0.29) is 32.1 Å². The highest BCUT2D eigenvalue weighted by Gasteiger charge is 2.06. The Morgan fingerprint density at radius 3 is 2.77 bits per heavy atom. The van der Waals surface area contributed by atoms with E-state index in [4.69, 9.17) is 9.84 Å². The summed E-state index contributed by atoms with van der Waals surface area (Å²) in [5, 5.41) is 15.3. The normalized spacial score (nSPS) is 10.4. The van der Waals surface area contributed by atoms with Gasteiger partial charge in [-0.05, 0) is 17.7 Å². The number of amides is 1. The molecular formula is C15H17N3O4. The van der Waals surface area contributed by atoms with Gasteiger partial charge in [0.15, 0.2) is 0 Å². The van der Waals surface area contributed by atoms with Crippen LogP contribution in [0.5, 0.6) is 0 Å². The average molecular weight is 303 g/mol. The molecule has 1 heterocycles. The first kappa shape index (κ1) is 15.7. The molecule has 0 saturated heterocycles. The number of nitrogens with one attached hydrogen (secondary N) is 1. The molecule has 2 rings (SSSR count). The van der Waals surface area contributed by atoms with Crippen molar-refractivity contribution in [2.75, 3.05) is 19.8 Å².